The topological polar surface area (TPSA) is 78.4 Å². The molecule has 1 aliphatic rings. The fourth-order valence-corrected chi connectivity index (χ4v) is 4.31. The third-order valence-electron chi connectivity index (χ3n) is 5.09. The van der Waals surface area contributed by atoms with Crippen LogP contribution in [0.4, 0.5) is 0 Å². The van der Waals surface area contributed by atoms with Crippen LogP contribution in [0.25, 0.3) is 22.6 Å². The highest BCUT2D eigenvalue weighted by atomic mass is 35.5. The van der Waals surface area contributed by atoms with Gasteiger partial charge < -0.3 is 9.47 Å². The predicted molar refractivity (Wildman–Crippen MR) is 120 cm³/mol. The van der Waals surface area contributed by atoms with Crippen molar-refractivity contribution < 1.29 is 17.9 Å². The van der Waals surface area contributed by atoms with E-state index in [9.17, 15) is 8.42 Å². The number of sulfone groups is 1. The standard InChI is InChI=1S/C23H23ClN2O4S/c1-31(27,28)21-14-25-23(26-22(21)16-5-9-18(24)10-6-16)17-7-11-19(12-8-17)30-15-20-4-2-3-13-29-20/h5-12,14,20H,2-4,13,15H2,1H3. The summed E-state index contributed by atoms with van der Waals surface area (Å²) in [4.78, 5) is 8.93. The average molecular weight is 459 g/mol. The molecule has 0 radical (unpaired) electrons. The molecule has 1 unspecified atom stereocenters. The molecule has 0 aliphatic carbocycles. The molecule has 0 bridgehead atoms. The normalized spacial score (nSPS) is 16.8. The van der Waals surface area contributed by atoms with E-state index >= 15 is 0 Å². The minimum atomic E-state index is -3.51. The molecule has 3 aromatic rings. The first kappa shape index (κ1) is 21.7. The van der Waals surface area contributed by atoms with Gasteiger partial charge in [0.25, 0.3) is 0 Å². The van der Waals surface area contributed by atoms with Crippen LogP contribution < -0.4 is 4.74 Å². The lowest BCUT2D eigenvalue weighted by Crippen LogP contribution is -2.25. The molecule has 31 heavy (non-hydrogen) atoms. The van der Waals surface area contributed by atoms with Crippen molar-refractivity contribution in [1.29, 1.82) is 0 Å². The third kappa shape index (κ3) is 5.42. The summed E-state index contributed by atoms with van der Waals surface area (Å²) in [7, 11) is -3.51. The highest BCUT2D eigenvalue weighted by molar-refractivity contribution is 7.90. The van der Waals surface area contributed by atoms with Crippen molar-refractivity contribution in [3.05, 3.63) is 59.8 Å². The number of aromatic nitrogens is 2. The molecule has 1 atom stereocenters. The number of nitrogens with zero attached hydrogens (tertiary/aromatic N) is 2. The first-order valence-corrected chi connectivity index (χ1v) is 12.3. The van der Waals surface area contributed by atoms with Gasteiger partial charge in [0.15, 0.2) is 15.7 Å². The molecule has 1 aliphatic heterocycles. The Morgan fingerprint density at radius 3 is 2.42 bits per heavy atom. The van der Waals surface area contributed by atoms with Gasteiger partial charge in [-0.15, -0.1) is 0 Å². The van der Waals surface area contributed by atoms with Crippen LogP contribution in [0.5, 0.6) is 5.75 Å². The Balaban J connectivity index is 1.59. The van der Waals surface area contributed by atoms with Crippen LogP contribution in [0.15, 0.2) is 59.6 Å². The maximum Gasteiger partial charge on any atom is 0.179 e. The van der Waals surface area contributed by atoms with Gasteiger partial charge in [-0.05, 0) is 55.7 Å². The lowest BCUT2D eigenvalue weighted by molar-refractivity contribution is -0.0110. The second-order valence-corrected chi connectivity index (χ2v) is 9.93. The average Bonchev–Trinajstić information content (AvgIpc) is 2.78. The molecule has 0 spiro atoms. The van der Waals surface area contributed by atoms with Gasteiger partial charge in [-0.25, -0.2) is 18.4 Å². The molecule has 0 amide bonds. The molecule has 1 aromatic heterocycles. The van der Waals surface area contributed by atoms with Crippen LogP contribution in [0.3, 0.4) is 0 Å². The minimum Gasteiger partial charge on any atom is -0.491 e. The Morgan fingerprint density at radius 2 is 1.77 bits per heavy atom. The lowest BCUT2D eigenvalue weighted by Gasteiger charge is -2.22. The van der Waals surface area contributed by atoms with Crippen molar-refractivity contribution in [3.63, 3.8) is 0 Å². The maximum absolute atomic E-state index is 12.3. The van der Waals surface area contributed by atoms with E-state index in [1.807, 2.05) is 24.3 Å². The molecule has 1 fully saturated rings. The summed E-state index contributed by atoms with van der Waals surface area (Å²) in [6.07, 6.45) is 5.94. The second-order valence-electron chi connectivity index (χ2n) is 7.51. The van der Waals surface area contributed by atoms with Crippen molar-refractivity contribution >= 4 is 21.4 Å². The van der Waals surface area contributed by atoms with Gasteiger partial charge in [0.2, 0.25) is 0 Å². The van der Waals surface area contributed by atoms with E-state index in [0.717, 1.165) is 37.0 Å². The van der Waals surface area contributed by atoms with Crippen LogP contribution >= 0.6 is 11.6 Å². The fourth-order valence-electron chi connectivity index (χ4n) is 3.42. The molecular formula is C23H23ClN2O4S. The van der Waals surface area contributed by atoms with Crippen molar-refractivity contribution in [1.82, 2.24) is 9.97 Å². The SMILES string of the molecule is CS(=O)(=O)c1cnc(-c2ccc(OCC3CCCCO3)cc2)nc1-c1ccc(Cl)cc1. The van der Waals surface area contributed by atoms with E-state index in [1.54, 1.807) is 24.3 Å². The zero-order valence-electron chi connectivity index (χ0n) is 17.1. The zero-order valence-corrected chi connectivity index (χ0v) is 18.7. The summed E-state index contributed by atoms with van der Waals surface area (Å²) in [5.74, 6) is 1.17. The Morgan fingerprint density at radius 1 is 1.06 bits per heavy atom. The fraction of sp³-hybridized carbons (Fsp3) is 0.304. The summed E-state index contributed by atoms with van der Waals surface area (Å²) in [6.45, 7) is 1.32. The number of hydrogen-bond acceptors (Lipinski definition) is 6. The van der Waals surface area contributed by atoms with E-state index in [2.05, 4.69) is 9.97 Å². The highest BCUT2D eigenvalue weighted by Crippen LogP contribution is 2.29. The van der Waals surface area contributed by atoms with Gasteiger partial charge in [0, 0.05) is 29.0 Å². The van der Waals surface area contributed by atoms with E-state index in [0.29, 0.717) is 28.7 Å². The molecule has 6 nitrogen and oxygen atoms in total. The van der Waals surface area contributed by atoms with Crippen LogP contribution in [0.2, 0.25) is 5.02 Å². The number of rotatable bonds is 6. The lowest BCUT2D eigenvalue weighted by atomic mass is 10.1. The van der Waals surface area contributed by atoms with Crippen LogP contribution in [-0.2, 0) is 14.6 Å². The van der Waals surface area contributed by atoms with Gasteiger partial charge in [-0.2, -0.15) is 0 Å². The summed E-state index contributed by atoms with van der Waals surface area (Å²) in [5.41, 5.74) is 1.76. The van der Waals surface area contributed by atoms with Gasteiger partial charge in [-0.3, -0.25) is 0 Å². The Bertz CT molecular complexity index is 1140. The van der Waals surface area contributed by atoms with E-state index in [-0.39, 0.29) is 11.0 Å². The van der Waals surface area contributed by atoms with Gasteiger partial charge in [0.05, 0.1) is 18.0 Å². The van der Waals surface area contributed by atoms with Crippen LogP contribution in [0, 0.1) is 0 Å². The molecular weight excluding hydrogens is 436 g/mol. The summed E-state index contributed by atoms with van der Waals surface area (Å²) in [6, 6.07) is 14.3. The first-order chi connectivity index (χ1) is 14.9. The Hall–Kier alpha value is -2.48. The number of hydrogen-bond donors (Lipinski definition) is 0. The largest absolute Gasteiger partial charge is 0.491 e. The summed E-state index contributed by atoms with van der Waals surface area (Å²) < 4.78 is 36.1. The maximum atomic E-state index is 12.3. The number of benzene rings is 2. The molecule has 4 rings (SSSR count). The molecule has 2 heterocycles. The smallest absolute Gasteiger partial charge is 0.179 e. The van der Waals surface area contributed by atoms with Crippen molar-refractivity contribution in [3.8, 4) is 28.4 Å². The molecule has 8 heteroatoms. The second kappa shape index (κ2) is 9.34. The number of halogens is 1. The molecule has 0 N–H and O–H groups in total. The molecule has 162 valence electrons. The van der Waals surface area contributed by atoms with Crippen molar-refractivity contribution in [2.45, 2.75) is 30.3 Å². The third-order valence-corrected chi connectivity index (χ3v) is 6.44. The van der Waals surface area contributed by atoms with Crippen LogP contribution in [-0.4, -0.2) is 44.0 Å². The van der Waals surface area contributed by atoms with E-state index < -0.39 is 9.84 Å². The highest BCUT2D eigenvalue weighted by Gasteiger charge is 2.19. The monoisotopic (exact) mass is 458 g/mol. The Kier molecular flexibility index (Phi) is 6.55. The predicted octanol–water partition coefficient (Wildman–Crippen LogP) is 4.82. The summed E-state index contributed by atoms with van der Waals surface area (Å²) in [5, 5.41) is 0.563. The van der Waals surface area contributed by atoms with Gasteiger partial charge >= 0.3 is 0 Å². The quantitative estimate of drug-likeness (QED) is 0.527. The molecule has 0 saturated carbocycles. The van der Waals surface area contributed by atoms with Gasteiger partial charge in [0.1, 0.15) is 17.3 Å². The van der Waals surface area contributed by atoms with E-state index in [4.69, 9.17) is 21.1 Å². The van der Waals surface area contributed by atoms with Crippen LogP contribution in [0.1, 0.15) is 19.3 Å². The zero-order chi connectivity index (χ0) is 21.8. The molecule has 2 aromatic carbocycles. The number of ether oxygens (including phenoxy) is 2. The summed E-state index contributed by atoms with van der Waals surface area (Å²) >= 11 is 5.98. The first-order valence-electron chi connectivity index (χ1n) is 10.1. The van der Waals surface area contributed by atoms with Crippen molar-refractivity contribution in [2.24, 2.45) is 0 Å². The molecule has 1 saturated heterocycles. The minimum absolute atomic E-state index is 0.0750. The van der Waals surface area contributed by atoms with Crippen molar-refractivity contribution in [2.75, 3.05) is 19.5 Å². The van der Waals surface area contributed by atoms with E-state index in [1.165, 1.54) is 12.6 Å². The van der Waals surface area contributed by atoms with Gasteiger partial charge in [-0.1, -0.05) is 23.7 Å². The Labute approximate surface area is 187 Å².